The lowest BCUT2D eigenvalue weighted by Crippen LogP contribution is -2.36. The van der Waals surface area contributed by atoms with Crippen LogP contribution in [0.4, 0.5) is 0 Å². The van der Waals surface area contributed by atoms with Crippen LogP contribution < -0.4 is 5.19 Å². The van der Waals surface area contributed by atoms with E-state index in [0.29, 0.717) is 11.1 Å². The number of fused-ring (bicyclic) bond motifs is 8. The van der Waals surface area contributed by atoms with Gasteiger partial charge in [-0.05, 0) is 70.9 Å². The van der Waals surface area contributed by atoms with Crippen LogP contribution >= 0.6 is 11.3 Å². The maximum absolute atomic E-state index is 5.13. The number of thiophene rings is 1. The number of aryl methyl sites for hydroxylation is 4. The van der Waals surface area contributed by atoms with Crippen molar-refractivity contribution in [1.29, 1.82) is 0 Å². The van der Waals surface area contributed by atoms with E-state index in [-0.39, 0.29) is 0 Å². The molecule has 195 valence electrons. The van der Waals surface area contributed by atoms with E-state index in [4.69, 9.17) is 15.0 Å². The van der Waals surface area contributed by atoms with Gasteiger partial charge < -0.3 is 0 Å². The molecule has 3 aromatic carbocycles. The van der Waals surface area contributed by atoms with E-state index >= 15 is 0 Å². The molecule has 0 N–H and O–H groups in total. The quantitative estimate of drug-likeness (QED) is 0.210. The Bertz CT molecular complexity index is 1900. The van der Waals surface area contributed by atoms with Crippen LogP contribution in [0.1, 0.15) is 50.2 Å². The van der Waals surface area contributed by atoms with Crippen molar-refractivity contribution in [2.75, 3.05) is 0 Å². The molecule has 6 aromatic rings. The molecule has 0 bridgehead atoms. The largest absolute Gasteiger partial charge is 0.287 e. The normalized spacial score (nSPS) is 13.4. The minimum atomic E-state index is -0.807. The average molecular weight is 546 g/mol. The lowest BCUT2D eigenvalue weighted by Gasteiger charge is -2.26. The minimum absolute atomic E-state index is 0.637. The lowest BCUT2D eigenvalue weighted by atomic mass is 9.99. The van der Waals surface area contributed by atoms with Crippen molar-refractivity contribution in [2.45, 2.75) is 65.5 Å². The van der Waals surface area contributed by atoms with E-state index in [2.05, 4.69) is 94.6 Å². The first-order valence-corrected chi connectivity index (χ1v) is 16.4. The van der Waals surface area contributed by atoms with Gasteiger partial charge in [-0.2, -0.15) is 0 Å². The van der Waals surface area contributed by atoms with Crippen molar-refractivity contribution in [2.24, 2.45) is 0 Å². The topological polar surface area (TPSA) is 43.6 Å². The first-order chi connectivity index (χ1) is 18.8. The molecule has 0 saturated carbocycles. The van der Waals surface area contributed by atoms with Gasteiger partial charge >= 0.3 is 0 Å². The molecule has 1 aliphatic heterocycles. The Labute approximate surface area is 235 Å². The number of nitrogens with zero attached hydrogens (tertiary/aromatic N) is 4. The number of hydrogen-bond acceptors (Lipinski definition) is 4. The first kappa shape index (κ1) is 24.7. The fourth-order valence-corrected chi connectivity index (χ4v) is 11.2. The van der Waals surface area contributed by atoms with Gasteiger partial charge in [-0.25, -0.2) is 15.0 Å². The predicted molar refractivity (Wildman–Crippen MR) is 167 cm³/mol. The Hall–Kier alpha value is -3.35. The maximum Gasteiger partial charge on any atom is 0.130 e. The van der Waals surface area contributed by atoms with Gasteiger partial charge in [0.1, 0.15) is 28.0 Å². The number of imidazole rings is 1. The summed E-state index contributed by atoms with van der Waals surface area (Å²) >= 11 is 1.79. The van der Waals surface area contributed by atoms with Crippen LogP contribution in [0.25, 0.3) is 48.3 Å². The van der Waals surface area contributed by atoms with E-state index in [1.807, 2.05) is 0 Å². The molecule has 4 nitrogen and oxygen atoms in total. The molecule has 39 heavy (non-hydrogen) atoms. The summed E-state index contributed by atoms with van der Waals surface area (Å²) in [7, 11) is -0.807. The predicted octanol–water partition coefficient (Wildman–Crippen LogP) is 8.09. The molecule has 3 aromatic heterocycles. The monoisotopic (exact) mass is 545 g/mol. The summed E-state index contributed by atoms with van der Waals surface area (Å²) in [5.74, 6) is 1.14. The fraction of sp³-hybridized carbons (Fsp3) is 0.303. The molecule has 1 aliphatic rings. The molecule has 7 rings (SSSR count). The fourth-order valence-electron chi connectivity index (χ4n) is 6.54. The molecule has 0 amide bonds. The maximum atomic E-state index is 5.13. The highest BCUT2D eigenvalue weighted by molar-refractivity contribution is 7.26. The van der Waals surface area contributed by atoms with E-state index in [1.54, 1.807) is 17.7 Å². The summed E-state index contributed by atoms with van der Waals surface area (Å²) in [6.45, 7) is 14.0. The third-order valence-corrected chi connectivity index (χ3v) is 13.1. The number of aromatic nitrogens is 4. The zero-order valence-corrected chi connectivity index (χ0v) is 25.3. The van der Waals surface area contributed by atoms with Crippen LogP contribution in [-0.4, -0.2) is 28.3 Å². The van der Waals surface area contributed by atoms with Gasteiger partial charge in [-0.15, -0.1) is 11.3 Å². The summed E-state index contributed by atoms with van der Waals surface area (Å²) in [5.41, 5.74) is 10.8. The standard InChI is InChI=1S/C33H33N4SSi/c1-18(2)39(19(3)4)27-16-24(15-23-13-20(5)21(6)14-25(23)27)29-32-30(35-17-34-29)31-33(38-32)37-26-10-8-7-9-22(26)11-12-28(37)36-31/h7-10,13-19H,11-12H2,1-6H3. The van der Waals surface area contributed by atoms with E-state index in [9.17, 15) is 0 Å². The van der Waals surface area contributed by atoms with Gasteiger partial charge in [-0.3, -0.25) is 4.57 Å². The van der Waals surface area contributed by atoms with Gasteiger partial charge in [0.05, 0.1) is 24.9 Å². The Morgan fingerprint density at radius 1 is 0.872 bits per heavy atom. The Morgan fingerprint density at radius 2 is 1.64 bits per heavy atom. The number of rotatable bonds is 4. The molecule has 0 saturated heterocycles. The molecule has 0 unspecified atom stereocenters. The third-order valence-electron chi connectivity index (χ3n) is 8.38. The molecular formula is C33H33N4SSi. The Balaban J connectivity index is 1.50. The Morgan fingerprint density at radius 3 is 2.44 bits per heavy atom. The second-order valence-electron chi connectivity index (χ2n) is 11.6. The van der Waals surface area contributed by atoms with Crippen LogP contribution in [0.5, 0.6) is 0 Å². The summed E-state index contributed by atoms with van der Waals surface area (Å²) in [6, 6.07) is 18.3. The van der Waals surface area contributed by atoms with Crippen LogP contribution in [0, 0.1) is 13.8 Å². The molecule has 0 spiro atoms. The van der Waals surface area contributed by atoms with Crippen LogP contribution in [-0.2, 0) is 12.8 Å². The van der Waals surface area contributed by atoms with Crippen molar-refractivity contribution >= 4 is 56.7 Å². The summed E-state index contributed by atoms with van der Waals surface area (Å²) in [4.78, 5) is 16.0. The number of para-hydroxylation sites is 1. The van der Waals surface area contributed by atoms with Crippen LogP contribution in [0.15, 0.2) is 54.9 Å². The minimum Gasteiger partial charge on any atom is -0.287 e. The molecule has 0 atom stereocenters. The average Bonchev–Trinajstić information content (AvgIpc) is 3.45. The zero-order valence-electron chi connectivity index (χ0n) is 23.5. The molecule has 4 heterocycles. The van der Waals surface area contributed by atoms with Gasteiger partial charge in [0.25, 0.3) is 0 Å². The summed E-state index contributed by atoms with van der Waals surface area (Å²) in [5, 5.41) is 4.26. The third kappa shape index (κ3) is 3.79. The van der Waals surface area contributed by atoms with Crippen LogP contribution in [0.2, 0.25) is 11.1 Å². The molecule has 0 aliphatic carbocycles. The van der Waals surface area contributed by atoms with Gasteiger partial charge in [0, 0.05) is 12.0 Å². The van der Waals surface area contributed by atoms with E-state index < -0.39 is 8.80 Å². The lowest BCUT2D eigenvalue weighted by molar-refractivity contribution is 0.790. The van der Waals surface area contributed by atoms with Crippen molar-refractivity contribution < 1.29 is 0 Å². The zero-order chi connectivity index (χ0) is 27.0. The smallest absolute Gasteiger partial charge is 0.130 e. The highest BCUT2D eigenvalue weighted by Crippen LogP contribution is 2.41. The second-order valence-corrected chi connectivity index (χ2v) is 16.4. The summed E-state index contributed by atoms with van der Waals surface area (Å²) < 4.78 is 3.49. The van der Waals surface area contributed by atoms with Gasteiger partial charge in [0.15, 0.2) is 0 Å². The molecule has 6 heteroatoms. The van der Waals surface area contributed by atoms with E-state index in [0.717, 1.165) is 40.1 Å². The van der Waals surface area contributed by atoms with Crippen molar-refractivity contribution in [1.82, 2.24) is 19.5 Å². The second kappa shape index (κ2) is 9.10. The number of hydrogen-bond donors (Lipinski definition) is 0. The Kier molecular flexibility index (Phi) is 5.76. The van der Waals surface area contributed by atoms with E-state index in [1.165, 1.54) is 48.7 Å². The van der Waals surface area contributed by atoms with Crippen molar-refractivity contribution in [3.8, 4) is 16.9 Å². The van der Waals surface area contributed by atoms with Crippen molar-refractivity contribution in [3.63, 3.8) is 0 Å². The first-order valence-electron chi connectivity index (χ1n) is 14.0. The SMILES string of the molecule is Cc1cc2cc(-c3ncnc4c3sc3c4nc4n3-c3ccccc3CC4)cc([Si](C(C)C)C(C)C)c2cc1C. The van der Waals surface area contributed by atoms with Gasteiger partial charge in [0.2, 0.25) is 0 Å². The van der Waals surface area contributed by atoms with Crippen molar-refractivity contribution in [3.05, 3.63) is 77.4 Å². The highest BCUT2D eigenvalue weighted by Gasteiger charge is 2.27. The molecule has 0 fully saturated rings. The number of benzene rings is 3. The summed E-state index contributed by atoms with van der Waals surface area (Å²) in [6.07, 6.45) is 3.73. The van der Waals surface area contributed by atoms with Crippen LogP contribution in [0.3, 0.4) is 0 Å². The highest BCUT2D eigenvalue weighted by atomic mass is 32.1. The van der Waals surface area contributed by atoms with Gasteiger partial charge in [-0.1, -0.05) is 69.3 Å². The molecular weight excluding hydrogens is 513 g/mol. The molecule has 1 radical (unpaired) electrons.